The molecule has 19 heavy (non-hydrogen) atoms. The number of rotatable bonds is 7. The molecule has 0 aromatic heterocycles. The van der Waals surface area contributed by atoms with E-state index in [9.17, 15) is 4.79 Å². The van der Waals surface area contributed by atoms with E-state index in [0.717, 1.165) is 18.5 Å². The third kappa shape index (κ3) is 5.43. The normalized spacial score (nSPS) is 12.7. The second-order valence-electron chi connectivity index (χ2n) is 5.31. The van der Waals surface area contributed by atoms with Crippen LogP contribution < -0.4 is 0 Å². The topological polar surface area (TPSA) is 29.5 Å². The molecule has 0 radical (unpaired) electrons. The average Bonchev–Trinajstić information content (AvgIpc) is 2.42. The lowest BCUT2D eigenvalue weighted by atomic mass is 10.0. The number of hydrogen-bond donors (Lipinski definition) is 0. The van der Waals surface area contributed by atoms with E-state index in [-0.39, 0.29) is 12.0 Å². The molecule has 0 saturated carbocycles. The van der Waals surface area contributed by atoms with Gasteiger partial charge < -0.3 is 4.74 Å². The van der Waals surface area contributed by atoms with E-state index in [4.69, 9.17) is 4.74 Å². The Morgan fingerprint density at radius 2 is 1.89 bits per heavy atom. The number of benzene rings is 1. The number of carbonyl (C=O) groups is 1. The van der Waals surface area contributed by atoms with E-state index in [1.807, 2.05) is 42.3 Å². The van der Waals surface area contributed by atoms with Gasteiger partial charge in [0.05, 0.1) is 0 Å². The highest BCUT2D eigenvalue weighted by molar-refractivity contribution is 5.75. The van der Waals surface area contributed by atoms with Crippen molar-refractivity contribution in [1.82, 2.24) is 4.90 Å². The van der Waals surface area contributed by atoms with E-state index in [2.05, 4.69) is 20.8 Å². The van der Waals surface area contributed by atoms with Gasteiger partial charge in [0.15, 0.2) is 0 Å². The highest BCUT2D eigenvalue weighted by atomic mass is 16.5. The first-order chi connectivity index (χ1) is 9.04. The molecule has 1 rings (SSSR count). The smallest absolute Gasteiger partial charge is 0.323 e. The standard InChI is InChI=1S/C16H25NO2/c1-5-17(4)15(11-13(2)3)16(18)19-12-14-9-7-6-8-10-14/h6-10,13,15H,5,11-12H2,1-4H3. The summed E-state index contributed by atoms with van der Waals surface area (Å²) < 4.78 is 5.43. The van der Waals surface area contributed by atoms with Crippen LogP contribution in [0.4, 0.5) is 0 Å². The minimum atomic E-state index is -0.145. The summed E-state index contributed by atoms with van der Waals surface area (Å²) in [6, 6.07) is 9.65. The molecular formula is C16H25NO2. The third-order valence-electron chi connectivity index (χ3n) is 3.22. The highest BCUT2D eigenvalue weighted by Gasteiger charge is 2.24. The second kappa shape index (κ2) is 7.95. The zero-order valence-electron chi connectivity index (χ0n) is 12.4. The van der Waals surface area contributed by atoms with E-state index in [1.165, 1.54) is 0 Å². The first-order valence-electron chi connectivity index (χ1n) is 6.95. The van der Waals surface area contributed by atoms with E-state index in [1.54, 1.807) is 0 Å². The fourth-order valence-corrected chi connectivity index (χ4v) is 1.95. The van der Waals surface area contributed by atoms with Crippen molar-refractivity contribution in [3.05, 3.63) is 35.9 Å². The van der Waals surface area contributed by atoms with Crippen LogP contribution in [0.3, 0.4) is 0 Å². The van der Waals surface area contributed by atoms with Gasteiger partial charge in [-0.05, 0) is 31.5 Å². The molecule has 1 unspecified atom stereocenters. The van der Waals surface area contributed by atoms with Crippen molar-refractivity contribution < 1.29 is 9.53 Å². The summed E-state index contributed by atoms with van der Waals surface area (Å²) in [5.74, 6) is 0.352. The van der Waals surface area contributed by atoms with Crippen molar-refractivity contribution >= 4 is 5.97 Å². The summed E-state index contributed by atoms with van der Waals surface area (Å²) in [5, 5.41) is 0. The van der Waals surface area contributed by atoms with Gasteiger partial charge in [0.2, 0.25) is 0 Å². The molecule has 0 aliphatic heterocycles. The second-order valence-corrected chi connectivity index (χ2v) is 5.31. The molecule has 0 bridgehead atoms. The number of ether oxygens (including phenoxy) is 1. The Morgan fingerprint density at radius 1 is 1.26 bits per heavy atom. The third-order valence-corrected chi connectivity index (χ3v) is 3.22. The van der Waals surface area contributed by atoms with E-state index in [0.29, 0.717) is 12.5 Å². The summed E-state index contributed by atoms with van der Waals surface area (Å²) in [4.78, 5) is 14.2. The van der Waals surface area contributed by atoms with Gasteiger partial charge in [0, 0.05) is 0 Å². The number of nitrogens with zero attached hydrogens (tertiary/aromatic N) is 1. The van der Waals surface area contributed by atoms with Gasteiger partial charge in [-0.25, -0.2) is 0 Å². The van der Waals surface area contributed by atoms with Gasteiger partial charge in [0.25, 0.3) is 0 Å². The number of esters is 1. The van der Waals surface area contributed by atoms with Crippen LogP contribution in [0.25, 0.3) is 0 Å². The van der Waals surface area contributed by atoms with Crippen molar-refractivity contribution in [1.29, 1.82) is 0 Å². The van der Waals surface area contributed by atoms with Crippen molar-refractivity contribution in [2.75, 3.05) is 13.6 Å². The van der Waals surface area contributed by atoms with Gasteiger partial charge in [-0.1, -0.05) is 51.1 Å². The van der Waals surface area contributed by atoms with Crippen LogP contribution >= 0.6 is 0 Å². The van der Waals surface area contributed by atoms with Crippen LogP contribution in [0.2, 0.25) is 0 Å². The van der Waals surface area contributed by atoms with E-state index < -0.39 is 0 Å². The Morgan fingerprint density at radius 3 is 2.42 bits per heavy atom. The molecule has 3 nitrogen and oxygen atoms in total. The molecule has 0 aliphatic rings. The fraction of sp³-hybridized carbons (Fsp3) is 0.562. The molecule has 3 heteroatoms. The van der Waals surface area contributed by atoms with Crippen LogP contribution in [0.5, 0.6) is 0 Å². The molecule has 0 N–H and O–H groups in total. The molecule has 1 aromatic rings. The predicted molar refractivity (Wildman–Crippen MR) is 77.8 cm³/mol. The first-order valence-corrected chi connectivity index (χ1v) is 6.95. The molecule has 1 atom stereocenters. The van der Waals surface area contributed by atoms with Crippen molar-refractivity contribution in [2.45, 2.75) is 39.8 Å². The van der Waals surface area contributed by atoms with Crippen molar-refractivity contribution in [2.24, 2.45) is 5.92 Å². The zero-order valence-corrected chi connectivity index (χ0v) is 12.4. The molecule has 0 fully saturated rings. The summed E-state index contributed by atoms with van der Waals surface area (Å²) in [6.45, 7) is 7.50. The lowest BCUT2D eigenvalue weighted by Crippen LogP contribution is -2.40. The Bertz CT molecular complexity index is 376. The van der Waals surface area contributed by atoms with Gasteiger partial charge in [-0.3, -0.25) is 9.69 Å². The largest absolute Gasteiger partial charge is 0.460 e. The fourth-order valence-electron chi connectivity index (χ4n) is 1.95. The minimum Gasteiger partial charge on any atom is -0.460 e. The van der Waals surface area contributed by atoms with Gasteiger partial charge in [0.1, 0.15) is 12.6 Å². The summed E-state index contributed by atoms with van der Waals surface area (Å²) in [7, 11) is 1.97. The number of hydrogen-bond acceptors (Lipinski definition) is 3. The molecule has 0 saturated heterocycles. The van der Waals surface area contributed by atoms with Crippen LogP contribution in [0.15, 0.2) is 30.3 Å². The first kappa shape index (κ1) is 15.7. The molecule has 106 valence electrons. The Hall–Kier alpha value is -1.35. The summed E-state index contributed by atoms with van der Waals surface area (Å²) in [5.41, 5.74) is 1.03. The Labute approximate surface area is 116 Å². The molecule has 0 amide bonds. The minimum absolute atomic E-state index is 0.123. The summed E-state index contributed by atoms with van der Waals surface area (Å²) >= 11 is 0. The lowest BCUT2D eigenvalue weighted by molar-refractivity contribution is -0.151. The van der Waals surface area contributed by atoms with Crippen LogP contribution in [-0.2, 0) is 16.1 Å². The Kier molecular flexibility index (Phi) is 6.57. The maximum absolute atomic E-state index is 12.2. The van der Waals surface area contributed by atoms with Gasteiger partial charge in [-0.15, -0.1) is 0 Å². The molecule has 1 aromatic carbocycles. The maximum Gasteiger partial charge on any atom is 0.323 e. The number of carbonyl (C=O) groups excluding carboxylic acids is 1. The molecule has 0 heterocycles. The molecule has 0 spiro atoms. The zero-order chi connectivity index (χ0) is 14.3. The maximum atomic E-state index is 12.2. The van der Waals surface area contributed by atoms with Crippen molar-refractivity contribution in [3.63, 3.8) is 0 Å². The van der Waals surface area contributed by atoms with Crippen LogP contribution in [0.1, 0.15) is 32.8 Å². The highest BCUT2D eigenvalue weighted by Crippen LogP contribution is 2.13. The van der Waals surface area contributed by atoms with Gasteiger partial charge >= 0.3 is 5.97 Å². The molecule has 0 aliphatic carbocycles. The SMILES string of the molecule is CCN(C)C(CC(C)C)C(=O)OCc1ccccc1. The van der Waals surface area contributed by atoms with Gasteiger partial charge in [-0.2, -0.15) is 0 Å². The monoisotopic (exact) mass is 263 g/mol. The van der Waals surface area contributed by atoms with Crippen LogP contribution in [-0.4, -0.2) is 30.5 Å². The molecular weight excluding hydrogens is 238 g/mol. The van der Waals surface area contributed by atoms with Crippen molar-refractivity contribution in [3.8, 4) is 0 Å². The predicted octanol–water partition coefficient (Wildman–Crippen LogP) is 3.10. The quantitative estimate of drug-likeness (QED) is 0.708. The Balaban J connectivity index is 2.56. The van der Waals surface area contributed by atoms with Crippen LogP contribution in [0, 0.1) is 5.92 Å². The lowest BCUT2D eigenvalue weighted by Gasteiger charge is -2.26. The number of likely N-dealkylation sites (N-methyl/N-ethyl adjacent to an activating group) is 1. The summed E-state index contributed by atoms with van der Waals surface area (Å²) in [6.07, 6.45) is 0.831. The van der Waals surface area contributed by atoms with E-state index >= 15 is 0 Å². The average molecular weight is 263 g/mol.